The summed E-state index contributed by atoms with van der Waals surface area (Å²) in [6.07, 6.45) is 4.81. The number of hydrogen-bond donors (Lipinski definition) is 2. The van der Waals surface area contributed by atoms with Crippen molar-refractivity contribution < 1.29 is 9.59 Å². The number of carbonyl (C=O) groups is 2. The van der Waals surface area contributed by atoms with Crippen LogP contribution in [-0.4, -0.2) is 25.0 Å². The highest BCUT2D eigenvalue weighted by atomic mass is 32.1. The predicted octanol–water partition coefficient (Wildman–Crippen LogP) is 3.39. The molecular weight excluding hydrogens is 346 g/mol. The zero-order valence-electron chi connectivity index (χ0n) is 14.9. The molecule has 0 saturated carbocycles. The second-order valence-corrected chi connectivity index (χ2v) is 7.90. The Kier molecular flexibility index (Phi) is 4.68. The molecule has 1 aromatic carbocycles. The maximum absolute atomic E-state index is 12.6. The number of rotatable bonds is 4. The molecule has 2 aliphatic rings. The number of amides is 3. The number of aryl methyl sites for hydroxylation is 2. The quantitative estimate of drug-likeness (QED) is 0.868. The molecule has 2 aromatic rings. The summed E-state index contributed by atoms with van der Waals surface area (Å²) >= 11 is 1.82. The Labute approximate surface area is 157 Å². The van der Waals surface area contributed by atoms with Crippen LogP contribution in [0.2, 0.25) is 0 Å². The van der Waals surface area contributed by atoms with E-state index >= 15 is 0 Å². The fraction of sp³-hybridized carbons (Fsp3) is 0.400. The van der Waals surface area contributed by atoms with Crippen LogP contribution in [0.3, 0.4) is 0 Å². The van der Waals surface area contributed by atoms with Crippen LogP contribution in [0.1, 0.15) is 44.8 Å². The van der Waals surface area contributed by atoms with Gasteiger partial charge in [0.25, 0.3) is 5.91 Å². The fourth-order valence-corrected chi connectivity index (χ4v) is 4.88. The average Bonchev–Trinajstić information content (AvgIpc) is 3.26. The first-order chi connectivity index (χ1) is 12.6. The molecular formula is C20H23N3O2S. The molecule has 2 heterocycles. The molecule has 1 aliphatic heterocycles. The van der Waals surface area contributed by atoms with Crippen molar-refractivity contribution in [2.45, 2.75) is 39.2 Å². The van der Waals surface area contributed by atoms with Crippen molar-refractivity contribution in [1.82, 2.24) is 10.6 Å². The summed E-state index contributed by atoms with van der Waals surface area (Å²) < 4.78 is 0. The lowest BCUT2D eigenvalue weighted by Gasteiger charge is -2.18. The van der Waals surface area contributed by atoms with Gasteiger partial charge in [0.2, 0.25) is 0 Å². The van der Waals surface area contributed by atoms with E-state index in [4.69, 9.17) is 0 Å². The maximum atomic E-state index is 12.6. The normalized spacial score (nSPS) is 16.3. The summed E-state index contributed by atoms with van der Waals surface area (Å²) in [6, 6.07) is 5.45. The Morgan fingerprint density at radius 2 is 2.15 bits per heavy atom. The molecule has 3 amide bonds. The average molecular weight is 369 g/mol. The largest absolute Gasteiger partial charge is 0.348 e. The topological polar surface area (TPSA) is 61.4 Å². The third-order valence-corrected chi connectivity index (χ3v) is 6.34. The summed E-state index contributed by atoms with van der Waals surface area (Å²) in [4.78, 5) is 27.8. The summed E-state index contributed by atoms with van der Waals surface area (Å²) in [7, 11) is 0. The highest BCUT2D eigenvalue weighted by Gasteiger charge is 2.23. The van der Waals surface area contributed by atoms with E-state index in [2.05, 4.69) is 16.0 Å². The minimum absolute atomic E-state index is 0.0957. The highest BCUT2D eigenvalue weighted by Crippen LogP contribution is 2.30. The lowest BCUT2D eigenvalue weighted by atomic mass is 9.96. The molecule has 5 nitrogen and oxygen atoms in total. The van der Waals surface area contributed by atoms with E-state index in [0.717, 1.165) is 17.7 Å². The number of hydrogen-bond acceptors (Lipinski definition) is 3. The van der Waals surface area contributed by atoms with E-state index < -0.39 is 0 Å². The smallest absolute Gasteiger partial charge is 0.322 e. The van der Waals surface area contributed by atoms with Gasteiger partial charge in [-0.1, -0.05) is 6.07 Å². The number of thiophene rings is 1. The van der Waals surface area contributed by atoms with Gasteiger partial charge in [0.1, 0.15) is 0 Å². The van der Waals surface area contributed by atoms with Crippen LogP contribution >= 0.6 is 11.3 Å². The minimum atomic E-state index is -0.101. The van der Waals surface area contributed by atoms with Crippen molar-refractivity contribution in [3.63, 3.8) is 0 Å². The third-order valence-electron chi connectivity index (χ3n) is 5.21. The highest BCUT2D eigenvalue weighted by molar-refractivity contribution is 7.10. The van der Waals surface area contributed by atoms with Gasteiger partial charge in [-0.15, -0.1) is 11.3 Å². The summed E-state index contributed by atoms with van der Waals surface area (Å²) in [5, 5.41) is 8.04. The van der Waals surface area contributed by atoms with Crippen molar-refractivity contribution >= 4 is 29.0 Å². The number of nitrogens with zero attached hydrogens (tertiary/aromatic N) is 1. The van der Waals surface area contributed by atoms with E-state index in [-0.39, 0.29) is 11.9 Å². The number of nitrogens with one attached hydrogen (secondary N) is 2. The van der Waals surface area contributed by atoms with Crippen LogP contribution < -0.4 is 15.5 Å². The molecule has 2 N–H and O–H groups in total. The van der Waals surface area contributed by atoms with Gasteiger partial charge in [0, 0.05) is 35.8 Å². The molecule has 0 atom stereocenters. The molecule has 0 radical (unpaired) electrons. The zero-order valence-corrected chi connectivity index (χ0v) is 15.7. The van der Waals surface area contributed by atoms with Crippen molar-refractivity contribution in [3.05, 3.63) is 50.7 Å². The Balaban J connectivity index is 1.48. The minimum Gasteiger partial charge on any atom is -0.348 e. The van der Waals surface area contributed by atoms with Crippen LogP contribution in [0.4, 0.5) is 10.5 Å². The molecule has 1 aromatic heterocycles. The maximum Gasteiger partial charge on any atom is 0.322 e. The summed E-state index contributed by atoms with van der Waals surface area (Å²) in [6.45, 7) is 3.79. The zero-order chi connectivity index (χ0) is 18.1. The first-order valence-corrected chi connectivity index (χ1v) is 10.0. The number of urea groups is 1. The number of fused-ring (bicyclic) bond motifs is 1. The van der Waals surface area contributed by atoms with E-state index in [9.17, 15) is 9.59 Å². The molecule has 4 rings (SSSR count). The van der Waals surface area contributed by atoms with Gasteiger partial charge in [-0.05, 0) is 66.8 Å². The number of carbonyl (C=O) groups excluding carboxylic acids is 2. The van der Waals surface area contributed by atoms with Crippen LogP contribution in [0, 0.1) is 6.92 Å². The predicted molar refractivity (Wildman–Crippen MR) is 104 cm³/mol. The van der Waals surface area contributed by atoms with Crippen LogP contribution in [0.15, 0.2) is 23.6 Å². The van der Waals surface area contributed by atoms with Crippen molar-refractivity contribution in [2.24, 2.45) is 0 Å². The molecule has 1 saturated heterocycles. The van der Waals surface area contributed by atoms with Gasteiger partial charge in [0.15, 0.2) is 0 Å². The van der Waals surface area contributed by atoms with Gasteiger partial charge in [-0.25, -0.2) is 4.79 Å². The third kappa shape index (κ3) is 3.21. The molecule has 1 fully saturated rings. The van der Waals surface area contributed by atoms with Crippen LogP contribution in [-0.2, 0) is 19.4 Å². The van der Waals surface area contributed by atoms with Crippen LogP contribution in [0.25, 0.3) is 0 Å². The monoisotopic (exact) mass is 369 g/mol. The number of anilines is 1. The van der Waals surface area contributed by atoms with Gasteiger partial charge in [-0.2, -0.15) is 0 Å². The van der Waals surface area contributed by atoms with Gasteiger partial charge in [0.05, 0.1) is 0 Å². The Bertz CT molecular complexity index is 859. The molecule has 0 spiro atoms. The van der Waals surface area contributed by atoms with E-state index in [1.165, 1.54) is 35.3 Å². The van der Waals surface area contributed by atoms with Crippen molar-refractivity contribution in [1.29, 1.82) is 0 Å². The molecule has 0 unspecified atom stereocenters. The second kappa shape index (κ2) is 7.11. The van der Waals surface area contributed by atoms with Crippen molar-refractivity contribution in [2.75, 3.05) is 18.0 Å². The first kappa shape index (κ1) is 17.1. The molecule has 136 valence electrons. The van der Waals surface area contributed by atoms with E-state index in [1.54, 1.807) is 4.90 Å². The van der Waals surface area contributed by atoms with E-state index in [0.29, 0.717) is 25.2 Å². The second-order valence-electron chi connectivity index (χ2n) is 6.94. The molecule has 0 bridgehead atoms. The summed E-state index contributed by atoms with van der Waals surface area (Å²) in [5.41, 5.74) is 5.09. The summed E-state index contributed by atoms with van der Waals surface area (Å²) in [5.74, 6) is -0.0957. The Morgan fingerprint density at radius 1 is 1.31 bits per heavy atom. The number of benzene rings is 1. The lowest BCUT2D eigenvalue weighted by Crippen LogP contribution is -2.29. The van der Waals surface area contributed by atoms with Gasteiger partial charge < -0.3 is 10.6 Å². The lowest BCUT2D eigenvalue weighted by molar-refractivity contribution is 0.0951. The SMILES string of the molecule is Cc1ccc(C(=O)NCc2csc3c2CCCC3)cc1N1CCNC1=O. The Hall–Kier alpha value is -2.34. The molecule has 6 heteroatoms. The van der Waals surface area contributed by atoms with Gasteiger partial charge >= 0.3 is 6.03 Å². The standard InChI is InChI=1S/C20H23N3O2S/c1-13-6-7-14(10-17(13)23-9-8-21-20(23)25)19(24)22-11-15-12-26-18-5-3-2-4-16(15)18/h6-7,10,12H,2-5,8-9,11H2,1H3,(H,21,25)(H,22,24). The van der Waals surface area contributed by atoms with Crippen LogP contribution in [0.5, 0.6) is 0 Å². The Morgan fingerprint density at radius 3 is 2.96 bits per heavy atom. The first-order valence-electron chi connectivity index (χ1n) is 9.16. The van der Waals surface area contributed by atoms with Gasteiger partial charge in [-0.3, -0.25) is 9.69 Å². The van der Waals surface area contributed by atoms with Crippen molar-refractivity contribution in [3.8, 4) is 0 Å². The molecule has 26 heavy (non-hydrogen) atoms. The molecule has 1 aliphatic carbocycles. The fourth-order valence-electron chi connectivity index (χ4n) is 3.73. The van der Waals surface area contributed by atoms with E-state index in [1.807, 2.05) is 36.5 Å².